The molecule has 3 nitrogen and oxygen atoms in total. The Labute approximate surface area is 78.2 Å². The minimum absolute atomic E-state index is 0.00861. The van der Waals surface area contributed by atoms with Crippen molar-refractivity contribution in [1.29, 1.82) is 0 Å². The Balaban J connectivity index is 3.07. The number of hydrogen-bond donors (Lipinski definition) is 2. The molecular formula is C10H15NO2. The summed E-state index contributed by atoms with van der Waals surface area (Å²) in [4.78, 5) is 1.94. The highest BCUT2D eigenvalue weighted by Gasteiger charge is 2.01. The van der Waals surface area contributed by atoms with Gasteiger partial charge in [-0.2, -0.15) is 0 Å². The second-order valence-corrected chi connectivity index (χ2v) is 3.22. The van der Waals surface area contributed by atoms with Gasteiger partial charge in [-0.15, -0.1) is 0 Å². The number of anilines is 1. The molecule has 1 aromatic carbocycles. The largest absolute Gasteiger partial charge is 0.392 e. The molecule has 1 aromatic rings. The summed E-state index contributed by atoms with van der Waals surface area (Å²) in [6.07, 6.45) is 0. The molecular weight excluding hydrogens is 166 g/mol. The van der Waals surface area contributed by atoms with Gasteiger partial charge in [0.05, 0.1) is 13.2 Å². The zero-order valence-corrected chi connectivity index (χ0v) is 7.99. The van der Waals surface area contributed by atoms with Crippen LogP contribution in [0.1, 0.15) is 11.1 Å². The van der Waals surface area contributed by atoms with Crippen LogP contribution < -0.4 is 4.90 Å². The minimum atomic E-state index is 0.00861. The fourth-order valence-corrected chi connectivity index (χ4v) is 1.18. The fraction of sp³-hybridized carbons (Fsp3) is 0.400. The van der Waals surface area contributed by atoms with Gasteiger partial charge in [-0.25, -0.2) is 0 Å². The highest BCUT2D eigenvalue weighted by molar-refractivity contribution is 5.49. The van der Waals surface area contributed by atoms with Gasteiger partial charge < -0.3 is 15.1 Å². The van der Waals surface area contributed by atoms with Crippen molar-refractivity contribution in [2.75, 3.05) is 19.0 Å². The summed E-state index contributed by atoms with van der Waals surface area (Å²) in [5.41, 5.74) is 2.65. The van der Waals surface area contributed by atoms with Gasteiger partial charge in [-0.3, -0.25) is 0 Å². The van der Waals surface area contributed by atoms with Gasteiger partial charge in [0.2, 0.25) is 0 Å². The molecule has 0 atom stereocenters. The van der Waals surface area contributed by atoms with Crippen LogP contribution in [0.25, 0.3) is 0 Å². The SMILES string of the molecule is CN(C)c1cc(CO)cc(CO)c1. The van der Waals surface area contributed by atoms with Crippen molar-refractivity contribution in [3.05, 3.63) is 29.3 Å². The first-order valence-electron chi connectivity index (χ1n) is 4.19. The Morgan fingerprint density at radius 3 is 1.77 bits per heavy atom. The maximum Gasteiger partial charge on any atom is 0.0682 e. The van der Waals surface area contributed by atoms with Crippen LogP contribution in [0.2, 0.25) is 0 Å². The van der Waals surface area contributed by atoms with Gasteiger partial charge in [0.15, 0.2) is 0 Å². The van der Waals surface area contributed by atoms with Crippen molar-refractivity contribution < 1.29 is 10.2 Å². The summed E-state index contributed by atoms with van der Waals surface area (Å²) < 4.78 is 0. The average molecular weight is 181 g/mol. The van der Waals surface area contributed by atoms with Gasteiger partial charge in [0.1, 0.15) is 0 Å². The molecule has 0 aliphatic carbocycles. The van der Waals surface area contributed by atoms with Gasteiger partial charge >= 0.3 is 0 Å². The molecule has 13 heavy (non-hydrogen) atoms. The second kappa shape index (κ2) is 4.25. The van der Waals surface area contributed by atoms with Gasteiger partial charge in [0, 0.05) is 19.8 Å². The maximum atomic E-state index is 8.96. The Hall–Kier alpha value is -1.06. The highest BCUT2D eigenvalue weighted by Crippen LogP contribution is 2.17. The first kappa shape index (κ1) is 10.0. The summed E-state index contributed by atoms with van der Waals surface area (Å²) in [6, 6.07) is 5.60. The number of hydrogen-bond acceptors (Lipinski definition) is 3. The van der Waals surface area contributed by atoms with Crippen molar-refractivity contribution in [3.63, 3.8) is 0 Å². The number of nitrogens with zero attached hydrogens (tertiary/aromatic N) is 1. The number of aliphatic hydroxyl groups excluding tert-OH is 2. The number of benzene rings is 1. The predicted octanol–water partition coefficient (Wildman–Crippen LogP) is 0.737. The first-order chi connectivity index (χ1) is 6.17. The molecule has 2 N–H and O–H groups in total. The van der Waals surface area contributed by atoms with E-state index < -0.39 is 0 Å². The minimum Gasteiger partial charge on any atom is -0.392 e. The third-order valence-corrected chi connectivity index (χ3v) is 1.92. The predicted molar refractivity (Wildman–Crippen MR) is 52.6 cm³/mol. The van der Waals surface area contributed by atoms with E-state index in [-0.39, 0.29) is 13.2 Å². The van der Waals surface area contributed by atoms with Crippen LogP contribution >= 0.6 is 0 Å². The molecule has 0 heterocycles. The second-order valence-electron chi connectivity index (χ2n) is 3.22. The van der Waals surface area contributed by atoms with Crippen molar-refractivity contribution in [2.24, 2.45) is 0 Å². The van der Waals surface area contributed by atoms with Crippen LogP contribution in [-0.4, -0.2) is 24.3 Å². The Morgan fingerprint density at radius 1 is 1.00 bits per heavy atom. The topological polar surface area (TPSA) is 43.7 Å². The van der Waals surface area contributed by atoms with Crippen LogP contribution in [0.4, 0.5) is 5.69 Å². The molecule has 0 radical (unpaired) electrons. The molecule has 0 spiro atoms. The molecule has 0 aromatic heterocycles. The molecule has 0 bridgehead atoms. The lowest BCUT2D eigenvalue weighted by molar-refractivity contribution is 0.275. The number of rotatable bonds is 3. The third kappa shape index (κ3) is 2.44. The molecule has 3 heteroatoms. The van der Waals surface area contributed by atoms with Crippen LogP contribution in [0, 0.1) is 0 Å². The molecule has 1 rings (SSSR count). The molecule has 0 aliphatic rings. The first-order valence-corrected chi connectivity index (χ1v) is 4.19. The lowest BCUT2D eigenvalue weighted by Crippen LogP contribution is -2.09. The van der Waals surface area contributed by atoms with E-state index in [1.54, 1.807) is 6.07 Å². The fourth-order valence-electron chi connectivity index (χ4n) is 1.18. The van der Waals surface area contributed by atoms with E-state index >= 15 is 0 Å². The Kier molecular flexibility index (Phi) is 3.28. The van der Waals surface area contributed by atoms with E-state index in [0.717, 1.165) is 16.8 Å². The maximum absolute atomic E-state index is 8.96. The van der Waals surface area contributed by atoms with Gasteiger partial charge in [-0.1, -0.05) is 6.07 Å². The van der Waals surface area contributed by atoms with Crippen molar-refractivity contribution in [2.45, 2.75) is 13.2 Å². The van der Waals surface area contributed by atoms with Gasteiger partial charge in [0.25, 0.3) is 0 Å². The average Bonchev–Trinajstić information content (AvgIpc) is 2.16. The Morgan fingerprint density at radius 2 is 1.46 bits per heavy atom. The monoisotopic (exact) mass is 181 g/mol. The lowest BCUT2D eigenvalue weighted by atomic mass is 10.1. The smallest absolute Gasteiger partial charge is 0.0682 e. The van der Waals surface area contributed by atoms with E-state index in [1.165, 1.54) is 0 Å². The lowest BCUT2D eigenvalue weighted by Gasteiger charge is -2.14. The summed E-state index contributed by atoms with van der Waals surface area (Å²) in [5, 5.41) is 17.9. The molecule has 0 aliphatic heterocycles. The van der Waals surface area contributed by atoms with E-state index in [1.807, 2.05) is 31.1 Å². The quantitative estimate of drug-likeness (QED) is 0.722. The molecule has 0 amide bonds. The summed E-state index contributed by atoms with van der Waals surface area (Å²) in [7, 11) is 3.86. The molecule has 72 valence electrons. The van der Waals surface area contributed by atoms with Gasteiger partial charge in [-0.05, 0) is 23.3 Å². The zero-order chi connectivity index (χ0) is 9.84. The molecule has 0 saturated heterocycles. The summed E-state index contributed by atoms with van der Waals surface area (Å²) in [6.45, 7) is 0.0172. The molecule has 0 saturated carbocycles. The standard InChI is InChI=1S/C10H15NO2/c1-11(2)10-4-8(6-12)3-9(5-10)7-13/h3-5,12-13H,6-7H2,1-2H3. The van der Waals surface area contributed by atoms with Crippen LogP contribution in [-0.2, 0) is 13.2 Å². The van der Waals surface area contributed by atoms with Crippen LogP contribution in [0.5, 0.6) is 0 Å². The zero-order valence-electron chi connectivity index (χ0n) is 7.99. The Bertz CT molecular complexity index is 262. The van der Waals surface area contributed by atoms with Crippen molar-refractivity contribution >= 4 is 5.69 Å². The number of aliphatic hydroxyl groups is 2. The van der Waals surface area contributed by atoms with E-state index in [0.29, 0.717) is 0 Å². The third-order valence-electron chi connectivity index (χ3n) is 1.92. The van der Waals surface area contributed by atoms with Crippen LogP contribution in [0.3, 0.4) is 0 Å². The van der Waals surface area contributed by atoms with E-state index in [4.69, 9.17) is 10.2 Å². The summed E-state index contributed by atoms with van der Waals surface area (Å²) in [5.74, 6) is 0. The van der Waals surface area contributed by atoms with E-state index in [9.17, 15) is 0 Å². The highest BCUT2D eigenvalue weighted by atomic mass is 16.3. The van der Waals surface area contributed by atoms with Crippen molar-refractivity contribution in [3.8, 4) is 0 Å². The van der Waals surface area contributed by atoms with Crippen molar-refractivity contribution in [1.82, 2.24) is 0 Å². The molecule has 0 fully saturated rings. The van der Waals surface area contributed by atoms with E-state index in [2.05, 4.69) is 0 Å². The summed E-state index contributed by atoms with van der Waals surface area (Å²) >= 11 is 0. The van der Waals surface area contributed by atoms with Crippen LogP contribution in [0.15, 0.2) is 18.2 Å². The molecule has 0 unspecified atom stereocenters. The normalized spacial score (nSPS) is 10.2.